The fourth-order valence-corrected chi connectivity index (χ4v) is 1.34. The van der Waals surface area contributed by atoms with Crippen molar-refractivity contribution in [3.63, 3.8) is 0 Å². The average molecular weight is 203 g/mol. The van der Waals surface area contributed by atoms with Crippen molar-refractivity contribution in [2.75, 3.05) is 0 Å². The highest BCUT2D eigenvalue weighted by molar-refractivity contribution is 6.29. The van der Waals surface area contributed by atoms with Gasteiger partial charge in [0.2, 0.25) is 0 Å². The Morgan fingerprint density at radius 3 is 3.00 bits per heavy atom. The minimum Gasteiger partial charge on any atom is -0.324 e. The minimum atomic E-state index is -0.384. The first-order valence-electron chi connectivity index (χ1n) is 4.21. The molecule has 1 atom stereocenters. The first-order chi connectivity index (χ1) is 6.15. The molecule has 0 fully saturated rings. The van der Waals surface area contributed by atoms with Gasteiger partial charge in [0.05, 0.1) is 6.20 Å². The summed E-state index contributed by atoms with van der Waals surface area (Å²) in [5.74, 6) is -0.384. The van der Waals surface area contributed by atoms with Crippen molar-refractivity contribution in [3.05, 3.63) is 28.8 Å². The number of hydrogen-bond donors (Lipinski definition) is 1. The number of pyridine rings is 1. The van der Waals surface area contributed by atoms with Gasteiger partial charge in [-0.15, -0.1) is 0 Å². The number of rotatable bonds is 3. The summed E-state index contributed by atoms with van der Waals surface area (Å²) in [6, 6.07) is 1.20. The lowest BCUT2D eigenvalue weighted by Gasteiger charge is -2.11. The van der Waals surface area contributed by atoms with Gasteiger partial charge in [0.1, 0.15) is 11.0 Å². The van der Waals surface area contributed by atoms with Crippen molar-refractivity contribution < 1.29 is 4.39 Å². The topological polar surface area (TPSA) is 38.9 Å². The van der Waals surface area contributed by atoms with Crippen LogP contribution in [0.2, 0.25) is 5.15 Å². The molecule has 72 valence electrons. The van der Waals surface area contributed by atoms with Crippen LogP contribution >= 0.6 is 11.6 Å². The van der Waals surface area contributed by atoms with E-state index in [4.69, 9.17) is 17.3 Å². The van der Waals surface area contributed by atoms with Crippen LogP contribution in [0.5, 0.6) is 0 Å². The predicted molar refractivity (Wildman–Crippen MR) is 51.0 cm³/mol. The normalized spacial score (nSPS) is 12.9. The number of hydrogen-bond acceptors (Lipinski definition) is 2. The first-order valence-corrected chi connectivity index (χ1v) is 4.59. The van der Waals surface area contributed by atoms with Gasteiger partial charge in [-0.2, -0.15) is 0 Å². The second-order valence-electron chi connectivity index (χ2n) is 2.92. The molecule has 1 aromatic heterocycles. The van der Waals surface area contributed by atoms with Crippen LogP contribution in [0.3, 0.4) is 0 Å². The molecule has 0 saturated heterocycles. The zero-order chi connectivity index (χ0) is 9.84. The average Bonchev–Trinajstić information content (AvgIpc) is 2.09. The number of nitrogens with two attached hydrogens (primary N) is 1. The largest absolute Gasteiger partial charge is 0.324 e. The fourth-order valence-electron chi connectivity index (χ4n) is 1.18. The zero-order valence-corrected chi connectivity index (χ0v) is 8.18. The van der Waals surface area contributed by atoms with Gasteiger partial charge in [-0.05, 0) is 12.5 Å². The highest BCUT2D eigenvalue weighted by Crippen LogP contribution is 2.20. The van der Waals surface area contributed by atoms with Gasteiger partial charge in [0, 0.05) is 11.6 Å². The maximum atomic E-state index is 13.1. The first kappa shape index (κ1) is 10.4. The summed E-state index contributed by atoms with van der Waals surface area (Å²) in [4.78, 5) is 3.62. The fraction of sp³-hybridized carbons (Fsp3) is 0.444. The summed E-state index contributed by atoms with van der Waals surface area (Å²) >= 11 is 5.63. The molecule has 0 spiro atoms. The summed E-state index contributed by atoms with van der Waals surface area (Å²) in [6.07, 6.45) is 2.77. The maximum absolute atomic E-state index is 13.1. The molecule has 0 aliphatic rings. The van der Waals surface area contributed by atoms with E-state index >= 15 is 0 Å². The van der Waals surface area contributed by atoms with Crippen LogP contribution in [0.4, 0.5) is 4.39 Å². The summed E-state index contributed by atoms with van der Waals surface area (Å²) < 4.78 is 13.1. The molecule has 0 saturated carbocycles. The van der Waals surface area contributed by atoms with E-state index in [1.54, 1.807) is 0 Å². The highest BCUT2D eigenvalue weighted by atomic mass is 35.5. The molecular weight excluding hydrogens is 191 g/mol. The third kappa shape index (κ3) is 2.64. The Kier molecular flexibility index (Phi) is 3.63. The minimum absolute atomic E-state index is 0.281. The molecule has 13 heavy (non-hydrogen) atoms. The van der Waals surface area contributed by atoms with Crippen LogP contribution < -0.4 is 5.73 Å². The van der Waals surface area contributed by atoms with Crippen molar-refractivity contribution in [1.82, 2.24) is 4.98 Å². The Bertz CT molecular complexity index is 291. The van der Waals surface area contributed by atoms with Crippen molar-refractivity contribution in [3.8, 4) is 0 Å². The van der Waals surface area contributed by atoms with Gasteiger partial charge < -0.3 is 5.73 Å². The van der Waals surface area contributed by atoms with Gasteiger partial charge in [-0.3, -0.25) is 0 Å². The van der Waals surface area contributed by atoms with Gasteiger partial charge >= 0.3 is 0 Å². The second-order valence-corrected chi connectivity index (χ2v) is 3.31. The van der Waals surface area contributed by atoms with Crippen LogP contribution in [-0.2, 0) is 0 Å². The van der Waals surface area contributed by atoms with E-state index < -0.39 is 0 Å². The molecule has 0 bridgehead atoms. The lowest BCUT2D eigenvalue weighted by atomic mass is 10.0. The third-order valence-corrected chi connectivity index (χ3v) is 2.06. The van der Waals surface area contributed by atoms with Gasteiger partial charge in [0.25, 0.3) is 0 Å². The predicted octanol–water partition coefficient (Wildman–Crippen LogP) is 2.67. The Labute approximate surface area is 81.9 Å². The van der Waals surface area contributed by atoms with Gasteiger partial charge in [-0.1, -0.05) is 24.9 Å². The lowest BCUT2D eigenvalue weighted by molar-refractivity contribution is 0.555. The molecule has 2 nitrogen and oxygen atoms in total. The van der Waals surface area contributed by atoms with Crippen molar-refractivity contribution in [2.24, 2.45) is 5.73 Å². The highest BCUT2D eigenvalue weighted by Gasteiger charge is 2.11. The molecule has 0 aromatic carbocycles. The van der Waals surface area contributed by atoms with Crippen LogP contribution in [0, 0.1) is 5.82 Å². The van der Waals surface area contributed by atoms with E-state index in [9.17, 15) is 4.39 Å². The number of aromatic nitrogens is 1. The Morgan fingerprint density at radius 2 is 2.38 bits per heavy atom. The van der Waals surface area contributed by atoms with E-state index in [1.807, 2.05) is 6.92 Å². The third-order valence-electron chi connectivity index (χ3n) is 1.85. The molecule has 0 aliphatic heterocycles. The summed E-state index contributed by atoms with van der Waals surface area (Å²) in [6.45, 7) is 2.00. The van der Waals surface area contributed by atoms with E-state index in [2.05, 4.69) is 4.98 Å². The van der Waals surface area contributed by atoms with Crippen LogP contribution in [0.1, 0.15) is 31.4 Å². The van der Waals surface area contributed by atoms with Crippen LogP contribution in [0.25, 0.3) is 0 Å². The molecule has 4 heteroatoms. The van der Waals surface area contributed by atoms with E-state index in [0.717, 1.165) is 19.0 Å². The van der Waals surface area contributed by atoms with Gasteiger partial charge in [0.15, 0.2) is 0 Å². The molecule has 0 aliphatic carbocycles. The summed E-state index contributed by atoms with van der Waals surface area (Å²) in [5.41, 5.74) is 6.19. The smallest absolute Gasteiger partial charge is 0.146 e. The Morgan fingerprint density at radius 1 is 1.69 bits per heavy atom. The zero-order valence-electron chi connectivity index (χ0n) is 7.43. The molecule has 0 radical (unpaired) electrons. The van der Waals surface area contributed by atoms with Crippen LogP contribution in [-0.4, -0.2) is 4.98 Å². The molecular formula is C9H12ClFN2. The molecule has 2 N–H and O–H groups in total. The number of halogens is 2. The summed E-state index contributed by atoms with van der Waals surface area (Å²) in [5, 5.41) is 0.281. The van der Waals surface area contributed by atoms with E-state index in [0.29, 0.717) is 5.56 Å². The Hall–Kier alpha value is -0.670. The Balaban J connectivity index is 2.91. The van der Waals surface area contributed by atoms with E-state index in [-0.39, 0.29) is 17.0 Å². The molecule has 0 amide bonds. The maximum Gasteiger partial charge on any atom is 0.146 e. The SMILES string of the molecule is CCCC(N)c1cc(Cl)ncc1F. The molecule has 1 heterocycles. The van der Waals surface area contributed by atoms with Crippen molar-refractivity contribution in [1.29, 1.82) is 0 Å². The van der Waals surface area contributed by atoms with Gasteiger partial charge in [-0.25, -0.2) is 9.37 Å². The van der Waals surface area contributed by atoms with Crippen molar-refractivity contribution >= 4 is 11.6 Å². The molecule has 1 aromatic rings. The quantitative estimate of drug-likeness (QED) is 0.766. The summed E-state index contributed by atoms with van der Waals surface area (Å²) in [7, 11) is 0. The number of nitrogens with zero attached hydrogens (tertiary/aromatic N) is 1. The molecule has 1 rings (SSSR count). The van der Waals surface area contributed by atoms with Crippen molar-refractivity contribution in [2.45, 2.75) is 25.8 Å². The molecule has 1 unspecified atom stereocenters. The monoisotopic (exact) mass is 202 g/mol. The lowest BCUT2D eigenvalue weighted by Crippen LogP contribution is -2.12. The van der Waals surface area contributed by atoms with E-state index in [1.165, 1.54) is 6.07 Å². The second kappa shape index (κ2) is 4.53. The standard InChI is InChI=1S/C9H12ClFN2/c1-2-3-8(12)6-4-9(10)13-5-7(6)11/h4-5,8H,2-3,12H2,1H3. The van der Waals surface area contributed by atoms with Crippen LogP contribution in [0.15, 0.2) is 12.3 Å².